The van der Waals surface area contributed by atoms with Gasteiger partial charge >= 0.3 is 5.69 Å². The Kier molecular flexibility index (Phi) is 4.12. The highest BCUT2D eigenvalue weighted by atomic mass is 16.5. The molecule has 0 unspecified atom stereocenters. The van der Waals surface area contributed by atoms with Gasteiger partial charge in [0, 0.05) is 34.5 Å². The molecule has 1 aromatic carbocycles. The van der Waals surface area contributed by atoms with Gasteiger partial charge in [0.1, 0.15) is 0 Å². The van der Waals surface area contributed by atoms with Crippen LogP contribution in [0.4, 0.5) is 11.6 Å². The molecule has 0 spiro atoms. The summed E-state index contributed by atoms with van der Waals surface area (Å²) in [6.45, 7) is 1.68. The SMILES string of the molecule is Cn1c(=O)[nH]c2cc(Nc3nc4cccc(CC5CCOCC5)n4n3)ccc21.[HH].[HH]. The van der Waals surface area contributed by atoms with E-state index in [0.29, 0.717) is 11.9 Å². The van der Waals surface area contributed by atoms with E-state index in [1.807, 2.05) is 34.8 Å². The molecule has 1 aliphatic heterocycles. The van der Waals surface area contributed by atoms with Crippen LogP contribution in [0.2, 0.25) is 0 Å². The van der Waals surface area contributed by atoms with Gasteiger partial charge in [0.15, 0.2) is 5.65 Å². The molecule has 0 amide bonds. The van der Waals surface area contributed by atoms with E-state index in [4.69, 9.17) is 4.74 Å². The zero-order chi connectivity index (χ0) is 19.1. The second-order valence-corrected chi connectivity index (χ2v) is 7.33. The van der Waals surface area contributed by atoms with Gasteiger partial charge in [0.2, 0.25) is 5.95 Å². The number of fused-ring (bicyclic) bond motifs is 2. The molecule has 0 bridgehead atoms. The predicted octanol–water partition coefficient (Wildman–Crippen LogP) is 3.11. The van der Waals surface area contributed by atoms with Crippen molar-refractivity contribution in [2.75, 3.05) is 18.5 Å². The van der Waals surface area contributed by atoms with Crippen molar-refractivity contribution in [3.8, 4) is 0 Å². The molecule has 1 aliphatic rings. The number of aryl methyl sites for hydroxylation is 1. The Hall–Kier alpha value is -3.13. The van der Waals surface area contributed by atoms with Crippen LogP contribution in [-0.4, -0.2) is 37.4 Å². The highest BCUT2D eigenvalue weighted by Crippen LogP contribution is 2.22. The third-order valence-corrected chi connectivity index (χ3v) is 5.44. The molecule has 0 aliphatic carbocycles. The monoisotopic (exact) mass is 382 g/mol. The fourth-order valence-corrected chi connectivity index (χ4v) is 3.86. The van der Waals surface area contributed by atoms with Gasteiger partial charge in [-0.25, -0.2) is 9.31 Å². The molecule has 1 fully saturated rings. The summed E-state index contributed by atoms with van der Waals surface area (Å²) in [6, 6.07) is 11.8. The van der Waals surface area contributed by atoms with Crippen LogP contribution in [0.3, 0.4) is 0 Å². The first kappa shape index (κ1) is 17.0. The summed E-state index contributed by atoms with van der Waals surface area (Å²) >= 11 is 0. The Labute approximate surface area is 164 Å². The second kappa shape index (κ2) is 6.79. The summed E-state index contributed by atoms with van der Waals surface area (Å²) in [5.74, 6) is 1.16. The molecule has 148 valence electrons. The number of H-pyrrole nitrogens is 1. The minimum absolute atomic E-state index is 0. The number of hydrogen-bond acceptors (Lipinski definition) is 5. The third kappa shape index (κ3) is 3.05. The average Bonchev–Trinajstić information content (AvgIpc) is 3.23. The average molecular weight is 382 g/mol. The Morgan fingerprint density at radius 3 is 3.00 bits per heavy atom. The molecule has 3 aromatic heterocycles. The first-order valence-electron chi connectivity index (χ1n) is 9.55. The quantitative estimate of drug-likeness (QED) is 0.566. The molecule has 4 heterocycles. The van der Waals surface area contributed by atoms with Gasteiger partial charge in [-0.2, -0.15) is 4.98 Å². The van der Waals surface area contributed by atoms with Crippen molar-refractivity contribution in [3.63, 3.8) is 0 Å². The third-order valence-electron chi connectivity index (χ3n) is 5.44. The first-order valence-corrected chi connectivity index (χ1v) is 9.55. The Bertz CT molecular complexity index is 1210. The fourth-order valence-electron chi connectivity index (χ4n) is 3.86. The van der Waals surface area contributed by atoms with Crippen molar-refractivity contribution in [2.45, 2.75) is 19.3 Å². The van der Waals surface area contributed by atoms with Gasteiger partial charge in [0.05, 0.1) is 11.0 Å². The highest BCUT2D eigenvalue weighted by Gasteiger charge is 2.17. The Balaban J connectivity index is 0.00000128. The molecule has 5 rings (SSSR count). The van der Waals surface area contributed by atoms with E-state index >= 15 is 0 Å². The van der Waals surface area contributed by atoms with Crippen molar-refractivity contribution in [3.05, 3.63) is 52.6 Å². The number of nitrogens with one attached hydrogen (secondary N) is 2. The Morgan fingerprint density at radius 1 is 1.29 bits per heavy atom. The van der Waals surface area contributed by atoms with Crippen molar-refractivity contribution < 1.29 is 7.59 Å². The molecule has 1 saturated heterocycles. The molecule has 8 heteroatoms. The van der Waals surface area contributed by atoms with Crippen LogP contribution in [0.5, 0.6) is 0 Å². The van der Waals surface area contributed by atoms with Crippen LogP contribution in [0.25, 0.3) is 16.7 Å². The predicted molar refractivity (Wildman–Crippen MR) is 111 cm³/mol. The van der Waals surface area contributed by atoms with E-state index in [9.17, 15) is 4.79 Å². The van der Waals surface area contributed by atoms with Crippen LogP contribution in [-0.2, 0) is 18.2 Å². The summed E-state index contributed by atoms with van der Waals surface area (Å²) in [7, 11) is 1.75. The number of benzene rings is 1. The highest BCUT2D eigenvalue weighted by molar-refractivity contribution is 5.80. The van der Waals surface area contributed by atoms with E-state index in [-0.39, 0.29) is 8.54 Å². The largest absolute Gasteiger partial charge is 0.381 e. The normalized spacial score (nSPS) is 15.5. The molecular formula is C20H26N6O2. The summed E-state index contributed by atoms with van der Waals surface area (Å²) in [5, 5.41) is 7.91. The molecule has 0 atom stereocenters. The molecule has 8 nitrogen and oxygen atoms in total. The van der Waals surface area contributed by atoms with E-state index in [1.54, 1.807) is 11.6 Å². The number of anilines is 2. The second-order valence-electron chi connectivity index (χ2n) is 7.33. The first-order chi connectivity index (χ1) is 13.7. The zero-order valence-corrected chi connectivity index (χ0v) is 15.7. The van der Waals surface area contributed by atoms with Crippen molar-refractivity contribution >= 4 is 28.3 Å². The van der Waals surface area contributed by atoms with Crippen LogP contribution in [0.15, 0.2) is 41.2 Å². The Morgan fingerprint density at radius 2 is 2.14 bits per heavy atom. The standard InChI is InChI=1S/C20H22N6O2.2H2/c1-25-17-6-5-14(12-16(17)22-20(25)27)21-19-23-18-4-2-3-15(26(18)24-19)11-13-7-9-28-10-8-13;;/h2-6,12-13H,7-11H2,1H3,(H,21,24)(H,22,27);2*1H. The van der Waals surface area contributed by atoms with Crippen molar-refractivity contribution in [1.82, 2.24) is 24.1 Å². The number of pyridine rings is 1. The van der Waals surface area contributed by atoms with Crippen LogP contribution in [0.1, 0.15) is 21.4 Å². The minimum atomic E-state index is -0.129. The molecule has 2 N–H and O–H groups in total. The number of nitrogens with zero attached hydrogens (tertiary/aromatic N) is 4. The zero-order valence-electron chi connectivity index (χ0n) is 15.7. The van der Waals surface area contributed by atoms with E-state index in [1.165, 1.54) is 0 Å². The number of ether oxygens (including phenoxy) is 1. The van der Waals surface area contributed by atoms with Gasteiger partial charge in [-0.1, -0.05) is 6.07 Å². The van der Waals surface area contributed by atoms with Crippen LogP contribution in [0, 0.1) is 5.92 Å². The topological polar surface area (TPSA) is 89.2 Å². The maximum atomic E-state index is 11.8. The summed E-state index contributed by atoms with van der Waals surface area (Å²) in [6.07, 6.45) is 3.15. The summed E-state index contributed by atoms with van der Waals surface area (Å²) in [5.41, 5.74) is 4.32. The molecule has 0 radical (unpaired) electrons. The maximum Gasteiger partial charge on any atom is 0.326 e. The van der Waals surface area contributed by atoms with Gasteiger partial charge in [0.25, 0.3) is 0 Å². The maximum absolute atomic E-state index is 11.8. The summed E-state index contributed by atoms with van der Waals surface area (Å²) in [4.78, 5) is 19.2. The molecular weight excluding hydrogens is 356 g/mol. The van der Waals surface area contributed by atoms with Crippen LogP contribution < -0.4 is 11.0 Å². The van der Waals surface area contributed by atoms with Crippen LogP contribution >= 0.6 is 0 Å². The fraction of sp³-hybridized carbons (Fsp3) is 0.350. The lowest BCUT2D eigenvalue weighted by Gasteiger charge is -2.21. The van der Waals surface area contributed by atoms with Gasteiger partial charge < -0.3 is 15.0 Å². The van der Waals surface area contributed by atoms with Gasteiger partial charge in [-0.05, 0) is 55.5 Å². The smallest absolute Gasteiger partial charge is 0.326 e. The molecule has 0 saturated carbocycles. The van der Waals surface area contributed by atoms with Crippen molar-refractivity contribution in [2.24, 2.45) is 13.0 Å². The van der Waals surface area contributed by atoms with Gasteiger partial charge in [-0.15, -0.1) is 5.10 Å². The number of rotatable bonds is 4. The number of imidazole rings is 1. The minimum Gasteiger partial charge on any atom is -0.381 e. The molecule has 4 aromatic rings. The van der Waals surface area contributed by atoms with E-state index in [2.05, 4.69) is 26.4 Å². The van der Waals surface area contributed by atoms with E-state index in [0.717, 1.165) is 60.5 Å². The lowest BCUT2D eigenvalue weighted by atomic mass is 9.95. The van der Waals surface area contributed by atoms with Crippen molar-refractivity contribution in [1.29, 1.82) is 0 Å². The number of hydrogen-bond donors (Lipinski definition) is 2. The summed E-state index contributed by atoms with van der Waals surface area (Å²) < 4.78 is 8.97. The number of aromatic amines is 1. The lowest BCUT2D eigenvalue weighted by molar-refractivity contribution is 0.0661. The lowest BCUT2D eigenvalue weighted by Crippen LogP contribution is -2.18. The molecule has 28 heavy (non-hydrogen) atoms. The van der Waals surface area contributed by atoms with E-state index < -0.39 is 0 Å². The number of aromatic nitrogens is 5. The van der Waals surface area contributed by atoms with Gasteiger partial charge in [-0.3, -0.25) is 4.57 Å².